The molecule has 20 heavy (non-hydrogen) atoms. The Morgan fingerprint density at radius 3 is 2.40 bits per heavy atom. The Morgan fingerprint density at radius 1 is 1.10 bits per heavy atom. The second-order valence-corrected chi connectivity index (χ2v) is 4.67. The van der Waals surface area contributed by atoms with Crippen LogP contribution in [0, 0.1) is 13.8 Å². The fourth-order valence-corrected chi connectivity index (χ4v) is 1.83. The first-order chi connectivity index (χ1) is 9.60. The topological polar surface area (TPSA) is 88.8 Å². The maximum absolute atomic E-state index is 5.88. The fourth-order valence-electron chi connectivity index (χ4n) is 1.67. The van der Waals surface area contributed by atoms with Gasteiger partial charge < -0.3 is 15.2 Å². The van der Waals surface area contributed by atoms with E-state index in [1.54, 1.807) is 0 Å². The third-order valence-corrected chi connectivity index (χ3v) is 2.91. The molecule has 0 amide bonds. The van der Waals surface area contributed by atoms with Crippen molar-refractivity contribution in [2.24, 2.45) is 0 Å². The molecule has 0 spiro atoms. The van der Waals surface area contributed by atoms with E-state index < -0.39 is 0 Å². The van der Waals surface area contributed by atoms with E-state index in [-0.39, 0.29) is 5.28 Å². The van der Waals surface area contributed by atoms with Gasteiger partial charge in [0, 0.05) is 18.7 Å². The van der Waals surface area contributed by atoms with E-state index in [0.717, 1.165) is 30.0 Å². The second-order valence-electron chi connectivity index (χ2n) is 4.33. The lowest BCUT2D eigenvalue weighted by atomic mass is 10.2. The van der Waals surface area contributed by atoms with E-state index in [9.17, 15) is 0 Å². The van der Waals surface area contributed by atoms with E-state index in [1.807, 2.05) is 13.8 Å². The van der Waals surface area contributed by atoms with Gasteiger partial charge >= 0.3 is 0 Å². The fraction of sp³-hybridized carbons (Fsp3) is 0.500. The molecule has 0 aliphatic rings. The molecule has 8 heteroatoms. The maximum atomic E-state index is 5.88. The van der Waals surface area contributed by atoms with Gasteiger partial charge in [-0.2, -0.15) is 15.0 Å². The average Bonchev–Trinajstić information content (AvgIpc) is 2.73. The molecule has 0 radical (unpaired) electrons. The van der Waals surface area contributed by atoms with Crippen molar-refractivity contribution in [3.63, 3.8) is 0 Å². The normalized spacial score (nSPS) is 10.6. The predicted octanol–water partition coefficient (Wildman–Crippen LogP) is 2.56. The first-order valence-electron chi connectivity index (χ1n) is 6.41. The molecule has 2 aromatic heterocycles. The second kappa shape index (κ2) is 6.51. The van der Waals surface area contributed by atoms with Gasteiger partial charge in [-0.3, -0.25) is 0 Å². The first-order valence-corrected chi connectivity index (χ1v) is 6.79. The Labute approximate surface area is 122 Å². The molecule has 0 bridgehead atoms. The van der Waals surface area contributed by atoms with E-state index in [4.69, 9.17) is 16.1 Å². The van der Waals surface area contributed by atoms with Crippen LogP contribution in [0.25, 0.3) is 0 Å². The lowest BCUT2D eigenvalue weighted by Gasteiger charge is -2.07. The molecule has 0 atom stereocenters. The smallest absolute Gasteiger partial charge is 0.229 e. The SMILES string of the molecule is CCCNc1nc(Cl)nc(NCc2c(C)noc2C)n1. The Morgan fingerprint density at radius 2 is 1.80 bits per heavy atom. The summed E-state index contributed by atoms with van der Waals surface area (Å²) in [5, 5.41) is 10.2. The van der Waals surface area contributed by atoms with Crippen molar-refractivity contribution >= 4 is 23.5 Å². The standard InChI is InChI=1S/C12H17ClN6O/c1-4-5-14-11-16-10(13)17-12(18-11)15-6-9-7(2)19-20-8(9)3/h4-6H2,1-3H3,(H2,14,15,16,17,18). The third kappa shape index (κ3) is 3.57. The molecule has 0 saturated carbocycles. The summed E-state index contributed by atoms with van der Waals surface area (Å²) in [5.41, 5.74) is 1.84. The number of aromatic nitrogens is 4. The zero-order valence-electron chi connectivity index (χ0n) is 11.7. The van der Waals surface area contributed by atoms with Gasteiger partial charge in [0.05, 0.1) is 5.69 Å². The molecule has 0 unspecified atom stereocenters. The highest BCUT2D eigenvalue weighted by molar-refractivity contribution is 6.28. The van der Waals surface area contributed by atoms with Crippen molar-refractivity contribution in [3.8, 4) is 0 Å². The monoisotopic (exact) mass is 296 g/mol. The van der Waals surface area contributed by atoms with Gasteiger partial charge in [0.15, 0.2) is 0 Å². The summed E-state index contributed by atoms with van der Waals surface area (Å²) >= 11 is 5.88. The zero-order valence-corrected chi connectivity index (χ0v) is 12.5. The van der Waals surface area contributed by atoms with Crippen molar-refractivity contribution in [2.75, 3.05) is 17.2 Å². The van der Waals surface area contributed by atoms with Crippen molar-refractivity contribution in [1.82, 2.24) is 20.1 Å². The number of nitrogens with one attached hydrogen (secondary N) is 2. The van der Waals surface area contributed by atoms with Crippen LogP contribution in [0.1, 0.15) is 30.4 Å². The molecule has 0 aliphatic carbocycles. The summed E-state index contributed by atoms with van der Waals surface area (Å²) in [6.07, 6.45) is 0.977. The minimum Gasteiger partial charge on any atom is -0.361 e. The van der Waals surface area contributed by atoms with E-state index in [1.165, 1.54) is 0 Å². The van der Waals surface area contributed by atoms with E-state index >= 15 is 0 Å². The molecule has 0 aliphatic heterocycles. The molecule has 108 valence electrons. The molecular weight excluding hydrogens is 280 g/mol. The zero-order chi connectivity index (χ0) is 14.5. The molecule has 2 N–H and O–H groups in total. The van der Waals surface area contributed by atoms with Gasteiger partial charge in [-0.05, 0) is 31.9 Å². The summed E-state index contributed by atoms with van der Waals surface area (Å²) in [4.78, 5) is 12.3. The molecular formula is C12H17ClN6O. The van der Waals surface area contributed by atoms with Crippen LogP contribution in [0.4, 0.5) is 11.9 Å². The van der Waals surface area contributed by atoms with Crippen LogP contribution in [0.15, 0.2) is 4.52 Å². The maximum Gasteiger partial charge on any atom is 0.229 e. The first kappa shape index (κ1) is 14.5. The highest BCUT2D eigenvalue weighted by Gasteiger charge is 2.10. The van der Waals surface area contributed by atoms with Crippen molar-refractivity contribution in [2.45, 2.75) is 33.7 Å². The van der Waals surface area contributed by atoms with Gasteiger partial charge in [0.25, 0.3) is 0 Å². The van der Waals surface area contributed by atoms with Crippen molar-refractivity contribution in [3.05, 3.63) is 22.3 Å². The van der Waals surface area contributed by atoms with Crippen LogP contribution >= 0.6 is 11.6 Å². The van der Waals surface area contributed by atoms with Gasteiger partial charge in [-0.15, -0.1) is 0 Å². The minimum atomic E-state index is 0.153. The summed E-state index contributed by atoms with van der Waals surface area (Å²) in [5.74, 6) is 1.66. The molecule has 2 heterocycles. The Hall–Kier alpha value is -1.89. The van der Waals surface area contributed by atoms with Gasteiger partial charge in [0.2, 0.25) is 17.2 Å². The van der Waals surface area contributed by atoms with Crippen LogP contribution in [0.2, 0.25) is 5.28 Å². The number of anilines is 2. The van der Waals surface area contributed by atoms with Crippen LogP contribution < -0.4 is 10.6 Å². The van der Waals surface area contributed by atoms with Crippen LogP contribution in [0.5, 0.6) is 0 Å². The predicted molar refractivity (Wildman–Crippen MR) is 76.9 cm³/mol. The summed E-state index contributed by atoms with van der Waals surface area (Å²) < 4.78 is 5.10. The Kier molecular flexibility index (Phi) is 4.73. The highest BCUT2D eigenvalue weighted by Crippen LogP contribution is 2.15. The number of hydrogen-bond donors (Lipinski definition) is 2. The summed E-state index contributed by atoms with van der Waals surface area (Å²) in [6.45, 7) is 7.12. The molecule has 0 aromatic carbocycles. The summed E-state index contributed by atoms with van der Waals surface area (Å²) in [6, 6.07) is 0. The third-order valence-electron chi connectivity index (χ3n) is 2.75. The number of hydrogen-bond acceptors (Lipinski definition) is 7. The Balaban J connectivity index is 2.07. The lowest BCUT2D eigenvalue weighted by Crippen LogP contribution is -2.10. The van der Waals surface area contributed by atoms with Gasteiger partial charge in [-0.1, -0.05) is 12.1 Å². The largest absolute Gasteiger partial charge is 0.361 e. The molecule has 2 aromatic rings. The van der Waals surface area contributed by atoms with Gasteiger partial charge in [0.1, 0.15) is 5.76 Å². The Bertz CT molecular complexity index is 566. The van der Waals surface area contributed by atoms with E-state index in [2.05, 4.69) is 37.7 Å². The number of nitrogens with zero attached hydrogens (tertiary/aromatic N) is 4. The lowest BCUT2D eigenvalue weighted by molar-refractivity contribution is 0.392. The number of halogens is 1. The van der Waals surface area contributed by atoms with E-state index in [0.29, 0.717) is 18.4 Å². The minimum absolute atomic E-state index is 0.153. The van der Waals surface area contributed by atoms with Crippen molar-refractivity contribution in [1.29, 1.82) is 0 Å². The van der Waals surface area contributed by atoms with Crippen LogP contribution in [-0.4, -0.2) is 26.7 Å². The van der Waals surface area contributed by atoms with Gasteiger partial charge in [-0.25, -0.2) is 0 Å². The highest BCUT2D eigenvalue weighted by atomic mass is 35.5. The molecule has 0 saturated heterocycles. The molecule has 2 rings (SSSR count). The van der Waals surface area contributed by atoms with Crippen LogP contribution in [-0.2, 0) is 6.54 Å². The van der Waals surface area contributed by atoms with Crippen LogP contribution in [0.3, 0.4) is 0 Å². The number of rotatable bonds is 6. The summed E-state index contributed by atoms with van der Waals surface area (Å²) in [7, 11) is 0. The molecule has 0 fully saturated rings. The van der Waals surface area contributed by atoms with Crippen molar-refractivity contribution < 1.29 is 4.52 Å². The molecule has 7 nitrogen and oxygen atoms in total. The quantitative estimate of drug-likeness (QED) is 0.846. The average molecular weight is 297 g/mol. The number of aryl methyl sites for hydroxylation is 2.